The lowest BCUT2D eigenvalue weighted by Gasteiger charge is -2.31. The Bertz CT molecular complexity index is 1140. The van der Waals surface area contributed by atoms with Gasteiger partial charge < -0.3 is 10.6 Å². The maximum Gasteiger partial charge on any atom is 0.240 e. The molecular weight excluding hydrogens is 399 g/mol. The van der Waals surface area contributed by atoms with Crippen LogP contribution in [0.25, 0.3) is 0 Å². The largest absolute Gasteiger partial charge is 0.323 e. The first-order chi connectivity index (χ1) is 13.5. The Morgan fingerprint density at radius 2 is 1.82 bits per heavy atom. The predicted octanol–water partition coefficient (Wildman–Crippen LogP) is 3.82. The van der Waals surface area contributed by atoms with Gasteiger partial charge in [-0.3, -0.25) is 9.59 Å². The van der Waals surface area contributed by atoms with Gasteiger partial charge in [0.05, 0.1) is 23.5 Å². The minimum absolute atomic E-state index is 0.00577. The van der Waals surface area contributed by atoms with Gasteiger partial charge in [0, 0.05) is 17.0 Å². The zero-order valence-corrected chi connectivity index (χ0v) is 16.0. The van der Waals surface area contributed by atoms with Crippen LogP contribution in [0, 0.1) is 0 Å². The number of carbonyl (C=O) groups excluding carboxylic acids is 2. The molecule has 0 fully saturated rings. The van der Waals surface area contributed by atoms with Crippen LogP contribution in [-0.2, 0) is 21.5 Å². The molecule has 5 rings (SSSR count). The Hall–Kier alpha value is -2.83. The molecule has 1 unspecified atom stereocenters. The first kappa shape index (κ1) is 17.3. The van der Waals surface area contributed by atoms with E-state index in [0.29, 0.717) is 39.2 Å². The summed E-state index contributed by atoms with van der Waals surface area (Å²) >= 11 is 12.2. The molecule has 2 aromatic carbocycles. The zero-order valence-electron chi connectivity index (χ0n) is 14.5. The zero-order chi connectivity index (χ0) is 19.5. The van der Waals surface area contributed by atoms with Gasteiger partial charge in [0.15, 0.2) is 0 Å². The molecule has 0 bridgehead atoms. The van der Waals surface area contributed by atoms with E-state index in [9.17, 15) is 9.59 Å². The molecule has 28 heavy (non-hydrogen) atoms. The number of carbonyl (C=O) groups is 2. The highest BCUT2D eigenvalue weighted by atomic mass is 35.5. The van der Waals surface area contributed by atoms with Crippen LogP contribution < -0.4 is 10.6 Å². The summed E-state index contributed by atoms with van der Waals surface area (Å²) in [6.45, 7) is 0.437. The van der Waals surface area contributed by atoms with E-state index in [-0.39, 0.29) is 18.2 Å². The van der Waals surface area contributed by atoms with Crippen molar-refractivity contribution in [3.05, 3.63) is 75.4 Å². The average Bonchev–Trinajstić information content (AvgIpc) is 3.19. The highest BCUT2D eigenvalue weighted by Gasteiger charge is 2.54. The van der Waals surface area contributed by atoms with Crippen molar-refractivity contribution < 1.29 is 9.59 Å². The lowest BCUT2D eigenvalue weighted by atomic mass is 9.72. The predicted molar refractivity (Wildman–Crippen MR) is 107 cm³/mol. The molecule has 0 saturated heterocycles. The number of nitrogens with zero attached hydrogens (tertiary/aromatic N) is 2. The van der Waals surface area contributed by atoms with E-state index in [2.05, 4.69) is 15.7 Å². The van der Waals surface area contributed by atoms with Crippen LogP contribution in [0.5, 0.6) is 0 Å². The summed E-state index contributed by atoms with van der Waals surface area (Å²) in [6.07, 6.45) is 1.66. The van der Waals surface area contributed by atoms with E-state index in [4.69, 9.17) is 23.2 Å². The van der Waals surface area contributed by atoms with Crippen LogP contribution in [0.15, 0.2) is 48.7 Å². The second kappa shape index (κ2) is 6.09. The minimum Gasteiger partial charge on any atom is -0.323 e. The Morgan fingerprint density at radius 1 is 1.04 bits per heavy atom. The molecule has 0 aliphatic carbocycles. The number of halogens is 2. The Labute approximate surface area is 170 Å². The second-order valence-electron chi connectivity index (χ2n) is 6.94. The van der Waals surface area contributed by atoms with E-state index in [1.165, 1.54) is 0 Å². The number of rotatable bonds is 2. The SMILES string of the molecule is O=C1CC2(C(=O)Nc3c(Cl)cccc32)c2cnn(Cc3ccc(Cl)cc3)c2N1. The van der Waals surface area contributed by atoms with Crippen molar-refractivity contribution in [1.82, 2.24) is 9.78 Å². The summed E-state index contributed by atoms with van der Waals surface area (Å²) in [4.78, 5) is 25.7. The summed E-state index contributed by atoms with van der Waals surface area (Å²) in [6, 6.07) is 12.7. The quantitative estimate of drug-likeness (QED) is 0.671. The number of amides is 2. The van der Waals surface area contributed by atoms with Crippen LogP contribution in [0.4, 0.5) is 11.5 Å². The third kappa shape index (κ3) is 2.38. The average molecular weight is 413 g/mol. The molecule has 2 amide bonds. The number of aromatic nitrogens is 2. The summed E-state index contributed by atoms with van der Waals surface area (Å²) in [5, 5.41) is 11.3. The molecular formula is C20H14Cl2N4O2. The first-order valence-corrected chi connectivity index (χ1v) is 9.45. The Morgan fingerprint density at radius 3 is 2.61 bits per heavy atom. The van der Waals surface area contributed by atoms with E-state index >= 15 is 0 Å². The second-order valence-corrected chi connectivity index (χ2v) is 7.78. The fourth-order valence-electron chi connectivity index (χ4n) is 4.02. The number of benzene rings is 2. The van der Waals surface area contributed by atoms with Crippen LogP contribution in [-0.4, -0.2) is 21.6 Å². The molecule has 1 aromatic heterocycles. The van der Waals surface area contributed by atoms with Crippen molar-refractivity contribution in [3.63, 3.8) is 0 Å². The molecule has 2 N–H and O–H groups in total. The summed E-state index contributed by atoms with van der Waals surface area (Å²) in [5.41, 5.74) is 1.77. The fraction of sp³-hybridized carbons (Fsp3) is 0.150. The van der Waals surface area contributed by atoms with E-state index in [1.54, 1.807) is 35.1 Å². The smallest absolute Gasteiger partial charge is 0.240 e. The minimum atomic E-state index is -1.13. The molecule has 8 heteroatoms. The van der Waals surface area contributed by atoms with Crippen molar-refractivity contribution in [2.24, 2.45) is 0 Å². The summed E-state index contributed by atoms with van der Waals surface area (Å²) in [7, 11) is 0. The van der Waals surface area contributed by atoms with Gasteiger partial charge in [0.2, 0.25) is 11.8 Å². The normalized spacial score (nSPS) is 19.9. The highest BCUT2D eigenvalue weighted by Crippen LogP contribution is 2.51. The molecule has 2 aliphatic rings. The third-order valence-electron chi connectivity index (χ3n) is 5.33. The molecule has 0 radical (unpaired) electrons. The van der Waals surface area contributed by atoms with Crippen molar-refractivity contribution in [1.29, 1.82) is 0 Å². The number of fused-ring (bicyclic) bond motifs is 4. The van der Waals surface area contributed by atoms with Gasteiger partial charge in [-0.25, -0.2) is 4.68 Å². The van der Waals surface area contributed by atoms with Gasteiger partial charge in [-0.2, -0.15) is 5.10 Å². The van der Waals surface area contributed by atoms with Crippen molar-refractivity contribution >= 4 is 46.5 Å². The van der Waals surface area contributed by atoms with Gasteiger partial charge in [0.25, 0.3) is 0 Å². The topological polar surface area (TPSA) is 76.0 Å². The van der Waals surface area contributed by atoms with Gasteiger partial charge in [-0.05, 0) is 29.3 Å². The van der Waals surface area contributed by atoms with E-state index in [1.807, 2.05) is 18.2 Å². The lowest BCUT2D eigenvalue weighted by molar-refractivity contribution is -0.125. The molecule has 6 nitrogen and oxygen atoms in total. The Balaban J connectivity index is 1.65. The summed E-state index contributed by atoms with van der Waals surface area (Å²) < 4.78 is 1.69. The van der Waals surface area contributed by atoms with Gasteiger partial charge in [0.1, 0.15) is 11.2 Å². The Kier molecular flexibility index (Phi) is 3.76. The molecule has 140 valence electrons. The van der Waals surface area contributed by atoms with Crippen LogP contribution in [0.1, 0.15) is 23.1 Å². The van der Waals surface area contributed by atoms with E-state index < -0.39 is 5.41 Å². The van der Waals surface area contributed by atoms with E-state index in [0.717, 1.165) is 5.56 Å². The standard InChI is InChI=1S/C20H14Cl2N4O2/c21-12-6-4-11(5-7-12)10-26-18-14(9-23-26)20(8-16(27)24-18)13-2-1-3-15(22)17(13)25-19(20)28/h1-7,9H,8,10H2,(H,24,27)(H,25,28). The first-order valence-electron chi connectivity index (χ1n) is 8.70. The molecule has 1 atom stereocenters. The molecule has 2 aliphatic heterocycles. The highest BCUT2D eigenvalue weighted by molar-refractivity contribution is 6.35. The maximum atomic E-state index is 13.1. The monoisotopic (exact) mass is 412 g/mol. The molecule has 3 heterocycles. The number of para-hydroxylation sites is 1. The molecule has 3 aromatic rings. The van der Waals surface area contributed by atoms with Crippen molar-refractivity contribution in [3.8, 4) is 0 Å². The number of hydrogen-bond donors (Lipinski definition) is 2. The third-order valence-corrected chi connectivity index (χ3v) is 5.89. The summed E-state index contributed by atoms with van der Waals surface area (Å²) in [5.74, 6) is 0.0141. The number of hydrogen-bond acceptors (Lipinski definition) is 3. The van der Waals surface area contributed by atoms with Crippen LogP contribution in [0.3, 0.4) is 0 Å². The van der Waals surface area contributed by atoms with Crippen molar-refractivity contribution in [2.75, 3.05) is 10.6 Å². The van der Waals surface area contributed by atoms with Crippen molar-refractivity contribution in [2.45, 2.75) is 18.4 Å². The van der Waals surface area contributed by atoms with Gasteiger partial charge in [-0.1, -0.05) is 47.5 Å². The number of nitrogens with one attached hydrogen (secondary N) is 2. The fourth-order valence-corrected chi connectivity index (χ4v) is 4.36. The van der Waals surface area contributed by atoms with Gasteiger partial charge in [-0.15, -0.1) is 0 Å². The molecule has 0 saturated carbocycles. The maximum absolute atomic E-state index is 13.1. The lowest BCUT2D eigenvalue weighted by Crippen LogP contribution is -2.43. The van der Waals surface area contributed by atoms with Gasteiger partial charge >= 0.3 is 0 Å². The van der Waals surface area contributed by atoms with Crippen LogP contribution >= 0.6 is 23.2 Å². The number of anilines is 2. The van der Waals surface area contributed by atoms with Crippen LogP contribution in [0.2, 0.25) is 10.0 Å². The molecule has 1 spiro atoms.